The number of nitrogens with zero attached hydrogens (tertiary/aromatic N) is 1. The summed E-state index contributed by atoms with van der Waals surface area (Å²) >= 11 is 3.38. The number of hydrogen-bond acceptors (Lipinski definition) is 3. The van der Waals surface area contributed by atoms with E-state index in [9.17, 15) is 4.79 Å². The highest BCUT2D eigenvalue weighted by Crippen LogP contribution is 2.21. The second-order valence-corrected chi connectivity index (χ2v) is 4.28. The molecular formula is C13H8BrNO2. The van der Waals surface area contributed by atoms with Crippen LogP contribution in [0.4, 0.5) is 0 Å². The third-order valence-electron chi connectivity index (χ3n) is 2.70. The first-order valence-electron chi connectivity index (χ1n) is 5.16. The lowest BCUT2D eigenvalue weighted by molar-refractivity contribution is 0.641. The van der Waals surface area contributed by atoms with Crippen LogP contribution in [0.25, 0.3) is 22.1 Å². The normalized spacial score (nSPS) is 11.1. The number of rotatable bonds is 1. The van der Waals surface area contributed by atoms with Crippen LogP contribution in [-0.2, 0) is 5.33 Å². The van der Waals surface area contributed by atoms with E-state index in [0.29, 0.717) is 27.4 Å². The van der Waals surface area contributed by atoms with Crippen LogP contribution >= 0.6 is 15.9 Å². The van der Waals surface area contributed by atoms with Gasteiger partial charge in [-0.15, -0.1) is 0 Å². The average Bonchev–Trinajstić information content (AvgIpc) is 2.38. The van der Waals surface area contributed by atoms with E-state index >= 15 is 0 Å². The van der Waals surface area contributed by atoms with Gasteiger partial charge in [0, 0.05) is 17.1 Å². The van der Waals surface area contributed by atoms with Gasteiger partial charge in [-0.1, -0.05) is 28.1 Å². The van der Waals surface area contributed by atoms with E-state index in [1.165, 1.54) is 0 Å². The van der Waals surface area contributed by atoms with Crippen molar-refractivity contribution in [2.24, 2.45) is 0 Å². The first-order valence-corrected chi connectivity index (χ1v) is 6.29. The maximum atomic E-state index is 12.2. The van der Waals surface area contributed by atoms with Crippen LogP contribution in [0, 0.1) is 0 Å². The van der Waals surface area contributed by atoms with Crippen LogP contribution in [0.1, 0.15) is 5.56 Å². The van der Waals surface area contributed by atoms with E-state index in [0.717, 1.165) is 5.56 Å². The van der Waals surface area contributed by atoms with Gasteiger partial charge in [-0.25, -0.2) is 4.98 Å². The second kappa shape index (κ2) is 3.96. The van der Waals surface area contributed by atoms with Crippen molar-refractivity contribution in [2.75, 3.05) is 0 Å². The van der Waals surface area contributed by atoms with Gasteiger partial charge in [-0.05, 0) is 18.2 Å². The molecule has 0 radical (unpaired) electrons. The average molecular weight is 290 g/mol. The molecule has 17 heavy (non-hydrogen) atoms. The van der Waals surface area contributed by atoms with Crippen molar-refractivity contribution in [1.29, 1.82) is 0 Å². The zero-order valence-electron chi connectivity index (χ0n) is 8.81. The molecule has 0 aliphatic rings. The lowest BCUT2D eigenvalue weighted by Gasteiger charge is -2.03. The fourth-order valence-electron chi connectivity index (χ4n) is 1.88. The number of aromatic nitrogens is 1. The molecule has 3 rings (SSSR count). The number of pyridine rings is 1. The Morgan fingerprint density at radius 3 is 2.82 bits per heavy atom. The van der Waals surface area contributed by atoms with Crippen LogP contribution in [-0.4, -0.2) is 4.98 Å². The molecule has 84 valence electrons. The summed E-state index contributed by atoms with van der Waals surface area (Å²) in [6.45, 7) is 0. The Hall–Kier alpha value is -1.68. The van der Waals surface area contributed by atoms with Crippen molar-refractivity contribution < 1.29 is 4.42 Å². The lowest BCUT2D eigenvalue weighted by Crippen LogP contribution is -2.03. The molecule has 2 heterocycles. The molecule has 1 aromatic carbocycles. The molecule has 0 fully saturated rings. The van der Waals surface area contributed by atoms with Gasteiger partial charge < -0.3 is 4.42 Å². The molecule has 3 nitrogen and oxygen atoms in total. The Balaban J connectivity index is 2.59. The minimum Gasteiger partial charge on any atom is -0.437 e. The number of fused-ring (bicyclic) bond motifs is 2. The molecule has 0 aliphatic carbocycles. The fraction of sp³-hybridized carbons (Fsp3) is 0.0769. The number of benzene rings is 1. The zero-order valence-corrected chi connectivity index (χ0v) is 10.4. The predicted molar refractivity (Wildman–Crippen MR) is 70.4 cm³/mol. The molecule has 3 aromatic rings. The minimum absolute atomic E-state index is 0.0304. The summed E-state index contributed by atoms with van der Waals surface area (Å²) in [7, 11) is 0. The molecule has 0 spiro atoms. The quantitative estimate of drug-likeness (QED) is 0.510. The Morgan fingerprint density at radius 1 is 1.18 bits per heavy atom. The molecule has 0 saturated heterocycles. The van der Waals surface area contributed by atoms with E-state index in [4.69, 9.17) is 4.42 Å². The molecule has 0 bridgehead atoms. The SMILES string of the molecule is O=c1c2cccnc2oc2c(CBr)cccc12. The highest BCUT2D eigenvalue weighted by Gasteiger charge is 2.10. The second-order valence-electron chi connectivity index (χ2n) is 3.71. The minimum atomic E-state index is -0.0304. The van der Waals surface area contributed by atoms with Gasteiger partial charge in [0.2, 0.25) is 11.1 Å². The smallest absolute Gasteiger partial charge is 0.230 e. The molecule has 0 amide bonds. The monoisotopic (exact) mass is 289 g/mol. The van der Waals surface area contributed by atoms with Crippen LogP contribution in [0.3, 0.4) is 0 Å². The molecule has 2 aromatic heterocycles. The van der Waals surface area contributed by atoms with E-state index in [1.807, 2.05) is 12.1 Å². The summed E-state index contributed by atoms with van der Waals surface area (Å²) in [5.74, 6) is 0. The summed E-state index contributed by atoms with van der Waals surface area (Å²) < 4.78 is 5.71. The maximum Gasteiger partial charge on any atom is 0.230 e. The third-order valence-corrected chi connectivity index (χ3v) is 3.30. The van der Waals surface area contributed by atoms with Crippen molar-refractivity contribution in [1.82, 2.24) is 4.98 Å². The first kappa shape index (κ1) is 10.5. The Morgan fingerprint density at radius 2 is 2.00 bits per heavy atom. The van der Waals surface area contributed by atoms with E-state index in [-0.39, 0.29) is 5.43 Å². The first-order chi connectivity index (χ1) is 8.31. The van der Waals surface area contributed by atoms with Crippen molar-refractivity contribution in [3.63, 3.8) is 0 Å². The molecule has 4 heteroatoms. The van der Waals surface area contributed by atoms with Gasteiger partial charge in [0.15, 0.2) is 0 Å². The van der Waals surface area contributed by atoms with Gasteiger partial charge >= 0.3 is 0 Å². The topological polar surface area (TPSA) is 43.1 Å². The number of para-hydroxylation sites is 1. The lowest BCUT2D eigenvalue weighted by atomic mass is 10.1. The van der Waals surface area contributed by atoms with Crippen LogP contribution in [0.5, 0.6) is 0 Å². The van der Waals surface area contributed by atoms with E-state index in [2.05, 4.69) is 20.9 Å². The van der Waals surface area contributed by atoms with Crippen molar-refractivity contribution in [3.05, 3.63) is 52.3 Å². The van der Waals surface area contributed by atoms with Gasteiger partial charge in [0.1, 0.15) is 5.58 Å². The molecule has 0 unspecified atom stereocenters. The molecule has 0 atom stereocenters. The van der Waals surface area contributed by atoms with Crippen molar-refractivity contribution in [3.8, 4) is 0 Å². The molecule has 0 aliphatic heterocycles. The Labute approximate surface area is 105 Å². The van der Waals surface area contributed by atoms with Crippen LogP contribution in [0.15, 0.2) is 45.7 Å². The van der Waals surface area contributed by atoms with Gasteiger partial charge in [-0.2, -0.15) is 0 Å². The molecule has 0 N–H and O–H groups in total. The summed E-state index contributed by atoms with van der Waals surface area (Å²) in [6.07, 6.45) is 1.62. The largest absolute Gasteiger partial charge is 0.437 e. The summed E-state index contributed by atoms with van der Waals surface area (Å²) in [4.78, 5) is 16.3. The highest BCUT2D eigenvalue weighted by atomic mass is 79.9. The predicted octanol–water partition coefficient (Wildman–Crippen LogP) is 3.24. The fourth-order valence-corrected chi connectivity index (χ4v) is 2.32. The highest BCUT2D eigenvalue weighted by molar-refractivity contribution is 9.08. The van der Waals surface area contributed by atoms with Gasteiger partial charge in [0.25, 0.3) is 0 Å². The third kappa shape index (κ3) is 1.56. The summed E-state index contributed by atoms with van der Waals surface area (Å²) in [6, 6.07) is 9.03. The number of halogens is 1. The standard InChI is InChI=1S/C13H8BrNO2/c14-7-8-3-1-4-9-11(16)10-5-2-6-15-13(10)17-12(8)9/h1-6H,7H2. The van der Waals surface area contributed by atoms with Gasteiger partial charge in [-0.3, -0.25) is 4.79 Å². The molecule has 0 saturated carbocycles. The van der Waals surface area contributed by atoms with Crippen LogP contribution < -0.4 is 5.43 Å². The Kier molecular flexibility index (Phi) is 2.44. The number of hydrogen-bond donors (Lipinski definition) is 0. The maximum absolute atomic E-state index is 12.2. The summed E-state index contributed by atoms with van der Waals surface area (Å²) in [5.41, 5.74) is 1.92. The van der Waals surface area contributed by atoms with Crippen molar-refractivity contribution in [2.45, 2.75) is 5.33 Å². The summed E-state index contributed by atoms with van der Waals surface area (Å²) in [5, 5.41) is 1.76. The van der Waals surface area contributed by atoms with E-state index in [1.54, 1.807) is 24.4 Å². The zero-order chi connectivity index (χ0) is 11.8. The van der Waals surface area contributed by atoms with Crippen molar-refractivity contribution >= 4 is 38.0 Å². The van der Waals surface area contributed by atoms with E-state index < -0.39 is 0 Å². The molecular weight excluding hydrogens is 282 g/mol. The Bertz CT molecular complexity index is 764. The van der Waals surface area contributed by atoms with Gasteiger partial charge in [0.05, 0.1) is 10.8 Å². The van der Waals surface area contributed by atoms with Crippen LogP contribution in [0.2, 0.25) is 0 Å². The number of alkyl halides is 1.